The fraction of sp³-hybridized carbons (Fsp3) is 0.786. The van der Waals surface area contributed by atoms with Crippen LogP contribution < -0.4 is 0 Å². The summed E-state index contributed by atoms with van der Waals surface area (Å²) >= 11 is 0. The summed E-state index contributed by atoms with van der Waals surface area (Å²) in [6, 6.07) is 1.75. The van der Waals surface area contributed by atoms with E-state index in [1.807, 2.05) is 7.05 Å². The molecule has 0 aromatic rings. The minimum absolute atomic E-state index is 0.292. The Hall–Kier alpha value is -1.65. The summed E-state index contributed by atoms with van der Waals surface area (Å²) in [7, 11) is 5.22. The van der Waals surface area contributed by atoms with Crippen LogP contribution in [0.15, 0.2) is 0 Å². The number of hydrogen-bond acceptors (Lipinski definition) is 5. The van der Waals surface area contributed by atoms with Gasteiger partial charge >= 0.3 is 0 Å². The second kappa shape index (κ2) is 16.4. The van der Waals surface area contributed by atoms with E-state index in [1.54, 1.807) is 25.1 Å². The number of carbonyl (C=O) groups is 2. The quantitative estimate of drug-likeness (QED) is 0.659. The highest BCUT2D eigenvalue weighted by Gasteiger charge is 2.14. The summed E-state index contributed by atoms with van der Waals surface area (Å²) in [5, 5.41) is 7.32. The van der Waals surface area contributed by atoms with Crippen molar-refractivity contribution in [1.82, 2.24) is 9.80 Å². The molecule has 2 fully saturated rings. The third-order valence-corrected chi connectivity index (χ3v) is 2.26. The predicted molar refractivity (Wildman–Crippen MR) is 79.5 cm³/mol. The maximum atomic E-state index is 10.5. The number of hydrogen-bond donors (Lipinski definition) is 0. The van der Waals surface area contributed by atoms with Crippen LogP contribution >= 0.6 is 0 Å². The first kappa shape index (κ1) is 21.6. The average molecular weight is 301 g/mol. The third kappa shape index (κ3) is 18.4. The minimum Gasteiger partial charge on any atom is -0.377 e. The zero-order chi connectivity index (χ0) is 16.5. The van der Waals surface area contributed by atoms with Crippen LogP contribution in [0.2, 0.25) is 0 Å². The molecular formula is C14H27N3O4. The maximum Gasteiger partial charge on any atom is 0.222 e. The summed E-state index contributed by atoms with van der Waals surface area (Å²) in [5.74, 6) is 0.292. The van der Waals surface area contributed by atoms with Crippen molar-refractivity contribution in [2.24, 2.45) is 0 Å². The Bertz CT molecular complexity index is 288. The van der Waals surface area contributed by atoms with Crippen LogP contribution in [0.25, 0.3) is 0 Å². The van der Waals surface area contributed by atoms with Crippen molar-refractivity contribution < 1.29 is 19.1 Å². The maximum absolute atomic E-state index is 10.5. The summed E-state index contributed by atoms with van der Waals surface area (Å²) in [6.45, 7) is 5.50. The number of carbonyl (C=O) groups excluding carboxylic acids is 2. The van der Waals surface area contributed by atoms with Crippen molar-refractivity contribution in [1.29, 1.82) is 5.26 Å². The van der Waals surface area contributed by atoms with E-state index < -0.39 is 0 Å². The van der Waals surface area contributed by atoms with Crippen molar-refractivity contribution in [2.75, 3.05) is 54.1 Å². The van der Waals surface area contributed by atoms with E-state index in [-0.39, 0.29) is 0 Å². The van der Waals surface area contributed by atoms with Gasteiger partial charge in [-0.3, -0.25) is 9.59 Å². The zero-order valence-corrected chi connectivity index (χ0v) is 13.5. The summed E-state index contributed by atoms with van der Waals surface area (Å²) in [6.07, 6.45) is 2.56. The molecule has 7 nitrogen and oxygen atoms in total. The van der Waals surface area contributed by atoms with Crippen LogP contribution in [0.3, 0.4) is 0 Å². The number of ether oxygens (including phenoxy) is 2. The number of likely N-dealkylation sites (tertiary alicyclic amines) is 1. The molecule has 0 atom stereocenters. The normalized spacial score (nSPS) is 16.0. The van der Waals surface area contributed by atoms with Gasteiger partial charge in [-0.05, 0) is 6.42 Å². The molecule has 2 heterocycles. The first-order valence-electron chi connectivity index (χ1n) is 6.81. The molecule has 2 aliphatic rings. The lowest BCUT2D eigenvalue weighted by atomic mass is 10.4. The molecule has 2 aliphatic heterocycles. The van der Waals surface area contributed by atoms with E-state index in [2.05, 4.69) is 0 Å². The topological polar surface area (TPSA) is 82.9 Å². The molecular weight excluding hydrogens is 274 g/mol. The summed E-state index contributed by atoms with van der Waals surface area (Å²) in [5.41, 5.74) is 0. The summed E-state index contributed by atoms with van der Waals surface area (Å²) in [4.78, 5) is 23.1. The van der Waals surface area contributed by atoms with E-state index in [4.69, 9.17) is 14.7 Å². The second-order valence-corrected chi connectivity index (χ2v) is 4.44. The van der Waals surface area contributed by atoms with Gasteiger partial charge in [0.15, 0.2) is 0 Å². The van der Waals surface area contributed by atoms with Gasteiger partial charge in [0.05, 0.1) is 32.5 Å². The predicted octanol–water partition coefficient (Wildman–Crippen LogP) is 0.506. The van der Waals surface area contributed by atoms with Gasteiger partial charge < -0.3 is 19.3 Å². The van der Waals surface area contributed by atoms with Crippen molar-refractivity contribution in [2.45, 2.75) is 19.8 Å². The van der Waals surface area contributed by atoms with Crippen LogP contribution in [0, 0.1) is 11.3 Å². The summed E-state index contributed by atoms with van der Waals surface area (Å²) < 4.78 is 9.89. The Morgan fingerprint density at radius 2 is 1.62 bits per heavy atom. The van der Waals surface area contributed by atoms with Crippen molar-refractivity contribution in [3.8, 4) is 6.07 Å². The van der Waals surface area contributed by atoms with Crippen LogP contribution in [0.5, 0.6) is 0 Å². The van der Waals surface area contributed by atoms with Gasteiger partial charge in [-0.15, -0.1) is 0 Å². The van der Waals surface area contributed by atoms with E-state index in [9.17, 15) is 9.59 Å². The average Bonchev–Trinajstić information content (AvgIpc) is 2.87. The highest BCUT2D eigenvalue weighted by atomic mass is 16.6. The Labute approximate surface area is 127 Å². The molecule has 0 aliphatic carbocycles. The third-order valence-electron chi connectivity index (χ3n) is 2.26. The molecule has 122 valence electrons. The molecule has 21 heavy (non-hydrogen) atoms. The van der Waals surface area contributed by atoms with Crippen LogP contribution in [0.1, 0.15) is 19.8 Å². The molecule has 0 aromatic carbocycles. The smallest absolute Gasteiger partial charge is 0.222 e. The van der Waals surface area contributed by atoms with Crippen LogP contribution in [-0.4, -0.2) is 76.2 Å². The molecule has 2 saturated heterocycles. The Kier molecular flexibility index (Phi) is 16.9. The van der Waals surface area contributed by atoms with Crippen molar-refractivity contribution in [3.63, 3.8) is 0 Å². The Morgan fingerprint density at radius 1 is 1.24 bits per heavy atom. The van der Waals surface area contributed by atoms with Crippen LogP contribution in [-0.2, 0) is 19.1 Å². The lowest BCUT2D eigenvalue weighted by molar-refractivity contribution is -0.126. The van der Waals surface area contributed by atoms with Gasteiger partial charge in [-0.1, -0.05) is 0 Å². The minimum atomic E-state index is 0.292. The fourth-order valence-electron chi connectivity index (χ4n) is 1.22. The molecule has 0 radical (unpaired) electrons. The number of nitriles is 1. The van der Waals surface area contributed by atoms with Crippen molar-refractivity contribution >= 4 is 12.3 Å². The Morgan fingerprint density at radius 3 is 1.71 bits per heavy atom. The van der Waals surface area contributed by atoms with E-state index in [0.29, 0.717) is 5.91 Å². The number of rotatable bonds is 1. The van der Waals surface area contributed by atoms with E-state index in [0.717, 1.165) is 52.2 Å². The van der Waals surface area contributed by atoms with E-state index in [1.165, 1.54) is 11.8 Å². The van der Waals surface area contributed by atoms with Gasteiger partial charge in [-0.25, -0.2) is 0 Å². The molecule has 7 heteroatoms. The standard InChI is InChI=1S/C5H9NO.C4H8O2.C3H7NO.C2H3N/c1-6-4-2-3-5(6)7;1-2-6-4-3-5-1;1-4(2)3-5;1-2-3/h2-4H2,1H3;1-4H2;3H,1-2H3;1H3. The molecule has 0 saturated carbocycles. The molecule has 0 spiro atoms. The molecule has 0 N–H and O–H groups in total. The lowest BCUT2D eigenvalue weighted by Gasteiger charge is -2.09. The highest BCUT2D eigenvalue weighted by Crippen LogP contribution is 2.04. The van der Waals surface area contributed by atoms with Gasteiger partial charge in [-0.2, -0.15) is 5.26 Å². The molecule has 0 bridgehead atoms. The van der Waals surface area contributed by atoms with E-state index >= 15 is 0 Å². The SMILES string of the molecule is C1COCCO1.CC#N.CN(C)C=O.CN1CCCC1=O. The van der Waals surface area contributed by atoms with Gasteiger partial charge in [0.2, 0.25) is 12.3 Å². The molecule has 0 aromatic heterocycles. The number of nitrogens with zero attached hydrogens (tertiary/aromatic N) is 3. The first-order valence-corrected chi connectivity index (χ1v) is 6.81. The lowest BCUT2D eigenvalue weighted by Crippen LogP contribution is -2.17. The zero-order valence-electron chi connectivity index (χ0n) is 13.5. The second-order valence-electron chi connectivity index (χ2n) is 4.44. The number of amides is 2. The highest BCUT2D eigenvalue weighted by molar-refractivity contribution is 5.77. The van der Waals surface area contributed by atoms with Gasteiger partial charge in [0, 0.05) is 41.0 Å². The van der Waals surface area contributed by atoms with Crippen molar-refractivity contribution in [3.05, 3.63) is 0 Å². The van der Waals surface area contributed by atoms with Gasteiger partial charge in [0.1, 0.15) is 0 Å². The molecule has 0 unspecified atom stereocenters. The largest absolute Gasteiger partial charge is 0.377 e. The molecule has 2 amide bonds. The Balaban J connectivity index is 0. The fourth-order valence-corrected chi connectivity index (χ4v) is 1.22. The monoisotopic (exact) mass is 301 g/mol. The molecule has 2 rings (SSSR count). The van der Waals surface area contributed by atoms with Crippen LogP contribution in [0.4, 0.5) is 0 Å². The first-order chi connectivity index (χ1) is 9.99. The van der Waals surface area contributed by atoms with Gasteiger partial charge in [0.25, 0.3) is 0 Å².